The molecule has 71 valence electrons. The Hall–Kier alpha value is -1.53. The molecule has 1 aromatic carbocycles. The van der Waals surface area contributed by atoms with Crippen molar-refractivity contribution in [2.45, 2.75) is 0 Å². The number of nitriles is 1. The van der Waals surface area contributed by atoms with E-state index in [1.54, 1.807) is 6.07 Å². The first-order valence-corrected chi connectivity index (χ1v) is 4.77. The van der Waals surface area contributed by atoms with E-state index >= 15 is 0 Å². The highest BCUT2D eigenvalue weighted by atomic mass is 15.2. The third kappa shape index (κ3) is 1.70. The fourth-order valence-electron chi connectivity index (χ4n) is 1.69. The Morgan fingerprint density at radius 3 is 2.93 bits per heavy atom. The number of anilines is 1. The minimum atomic E-state index is 0.717. The molecule has 14 heavy (non-hydrogen) atoms. The predicted molar refractivity (Wildman–Crippen MR) is 55.1 cm³/mol. The van der Waals surface area contributed by atoms with Gasteiger partial charge >= 0.3 is 0 Å². The quantitative estimate of drug-likeness (QED) is 0.704. The van der Waals surface area contributed by atoms with Crippen molar-refractivity contribution < 1.29 is 0 Å². The van der Waals surface area contributed by atoms with Crippen LogP contribution < -0.4 is 10.2 Å². The Labute approximate surface area is 84.0 Å². The monoisotopic (exact) mass is 186 g/mol. The van der Waals surface area contributed by atoms with Gasteiger partial charge in [0.2, 0.25) is 0 Å². The Morgan fingerprint density at radius 2 is 2.21 bits per heavy atom. The third-order valence-electron chi connectivity index (χ3n) is 2.42. The van der Waals surface area contributed by atoms with Gasteiger partial charge in [-0.2, -0.15) is 5.26 Å². The second kappa shape index (κ2) is 4.12. The smallest absolute Gasteiger partial charge is 0.101 e. The van der Waals surface area contributed by atoms with Crippen molar-refractivity contribution in [3.63, 3.8) is 0 Å². The molecule has 0 atom stereocenters. The zero-order valence-electron chi connectivity index (χ0n) is 7.95. The predicted octanol–water partition coefficient (Wildman–Crippen LogP) is 0.768. The van der Waals surface area contributed by atoms with Crippen LogP contribution in [0.1, 0.15) is 5.56 Å². The first-order valence-electron chi connectivity index (χ1n) is 4.77. The fraction of sp³-hybridized carbons (Fsp3) is 0.364. The zero-order chi connectivity index (χ0) is 9.80. The highest BCUT2D eigenvalue weighted by Gasteiger charge is 2.12. The van der Waals surface area contributed by atoms with Gasteiger partial charge in [-0.1, -0.05) is 6.07 Å². The maximum absolute atomic E-state index is 8.94. The normalized spacial score (nSPS) is 16.4. The highest BCUT2D eigenvalue weighted by Crippen LogP contribution is 2.19. The van der Waals surface area contributed by atoms with Crippen LogP contribution in [0, 0.1) is 17.4 Å². The first-order chi connectivity index (χ1) is 6.92. The summed E-state index contributed by atoms with van der Waals surface area (Å²) in [6.07, 6.45) is 0. The summed E-state index contributed by atoms with van der Waals surface area (Å²) in [4.78, 5) is 2.24. The molecule has 0 saturated carbocycles. The number of nitrogens with zero attached hydrogens (tertiary/aromatic N) is 2. The van der Waals surface area contributed by atoms with Crippen LogP contribution >= 0.6 is 0 Å². The van der Waals surface area contributed by atoms with Crippen LogP contribution in [0.2, 0.25) is 0 Å². The van der Waals surface area contributed by atoms with Crippen molar-refractivity contribution >= 4 is 5.69 Å². The molecule has 1 radical (unpaired) electrons. The second-order valence-corrected chi connectivity index (χ2v) is 3.29. The highest BCUT2D eigenvalue weighted by molar-refractivity contribution is 5.59. The lowest BCUT2D eigenvalue weighted by atomic mass is 10.1. The Kier molecular flexibility index (Phi) is 2.66. The van der Waals surface area contributed by atoms with Gasteiger partial charge in [0.25, 0.3) is 0 Å². The van der Waals surface area contributed by atoms with E-state index in [9.17, 15) is 0 Å². The van der Waals surface area contributed by atoms with Crippen molar-refractivity contribution in [1.29, 1.82) is 5.26 Å². The Balaban J connectivity index is 2.26. The maximum Gasteiger partial charge on any atom is 0.101 e. The van der Waals surface area contributed by atoms with Crippen LogP contribution in [0.15, 0.2) is 18.2 Å². The van der Waals surface area contributed by atoms with Gasteiger partial charge in [-0.25, -0.2) is 0 Å². The summed E-state index contributed by atoms with van der Waals surface area (Å²) in [5.74, 6) is 0. The molecule has 0 bridgehead atoms. The molecular weight excluding hydrogens is 174 g/mol. The van der Waals surface area contributed by atoms with E-state index in [4.69, 9.17) is 5.26 Å². The average molecular weight is 186 g/mol. The molecule has 1 heterocycles. The summed E-state index contributed by atoms with van der Waals surface area (Å²) in [7, 11) is 0. The molecule has 1 fully saturated rings. The molecule has 2 rings (SSSR count). The standard InChI is InChI=1S/C11H12N3/c12-9-10-3-1-2-4-11(10)14-7-5-13-6-8-14/h2-4,13H,5-8H2. The SMILES string of the molecule is N#Cc1c[c]ccc1N1CCNCC1. The molecule has 1 saturated heterocycles. The van der Waals surface area contributed by atoms with Crippen LogP contribution in [-0.2, 0) is 0 Å². The topological polar surface area (TPSA) is 39.1 Å². The van der Waals surface area contributed by atoms with Gasteiger partial charge in [0.05, 0.1) is 11.3 Å². The maximum atomic E-state index is 8.94. The van der Waals surface area contributed by atoms with E-state index < -0.39 is 0 Å². The van der Waals surface area contributed by atoms with Gasteiger partial charge in [-0.05, 0) is 18.2 Å². The van der Waals surface area contributed by atoms with Gasteiger partial charge in [0.15, 0.2) is 0 Å². The summed E-state index contributed by atoms with van der Waals surface area (Å²) in [5.41, 5.74) is 1.75. The molecule has 1 aliphatic heterocycles. The van der Waals surface area contributed by atoms with Crippen molar-refractivity contribution in [1.82, 2.24) is 5.32 Å². The minimum absolute atomic E-state index is 0.717. The van der Waals surface area contributed by atoms with Crippen molar-refractivity contribution in [2.24, 2.45) is 0 Å². The Bertz CT molecular complexity index is 348. The molecule has 0 aromatic heterocycles. The molecular formula is C11H12N3. The molecule has 1 aromatic rings. The van der Waals surface area contributed by atoms with Crippen LogP contribution in [0.3, 0.4) is 0 Å². The molecule has 3 heteroatoms. The molecule has 1 N–H and O–H groups in total. The molecule has 1 aliphatic rings. The van der Waals surface area contributed by atoms with E-state index in [1.165, 1.54) is 0 Å². The van der Waals surface area contributed by atoms with Gasteiger partial charge in [-0.3, -0.25) is 0 Å². The lowest BCUT2D eigenvalue weighted by Gasteiger charge is -2.29. The summed E-state index contributed by atoms with van der Waals surface area (Å²) in [6.45, 7) is 3.92. The molecule has 0 unspecified atom stereocenters. The number of benzene rings is 1. The Morgan fingerprint density at radius 1 is 1.43 bits per heavy atom. The summed E-state index contributed by atoms with van der Waals surface area (Å²) in [5, 5.41) is 12.2. The van der Waals surface area contributed by atoms with Crippen LogP contribution in [0.4, 0.5) is 5.69 Å². The number of hydrogen-bond donors (Lipinski definition) is 1. The van der Waals surface area contributed by atoms with Gasteiger partial charge < -0.3 is 10.2 Å². The second-order valence-electron chi connectivity index (χ2n) is 3.29. The van der Waals surface area contributed by atoms with E-state index in [0.717, 1.165) is 37.4 Å². The van der Waals surface area contributed by atoms with E-state index in [-0.39, 0.29) is 0 Å². The van der Waals surface area contributed by atoms with Gasteiger partial charge in [0.1, 0.15) is 6.07 Å². The molecule has 0 amide bonds. The molecule has 3 nitrogen and oxygen atoms in total. The van der Waals surface area contributed by atoms with Crippen molar-refractivity contribution in [2.75, 3.05) is 31.1 Å². The minimum Gasteiger partial charge on any atom is -0.368 e. The number of piperazine rings is 1. The fourth-order valence-corrected chi connectivity index (χ4v) is 1.69. The van der Waals surface area contributed by atoms with Crippen molar-refractivity contribution in [3.8, 4) is 6.07 Å². The first kappa shape index (κ1) is 9.04. The van der Waals surface area contributed by atoms with E-state index in [1.807, 2.05) is 12.1 Å². The zero-order valence-corrected chi connectivity index (χ0v) is 7.95. The van der Waals surface area contributed by atoms with Crippen molar-refractivity contribution in [3.05, 3.63) is 29.8 Å². The largest absolute Gasteiger partial charge is 0.368 e. The summed E-state index contributed by atoms with van der Waals surface area (Å²) < 4.78 is 0. The van der Waals surface area contributed by atoms with Gasteiger partial charge in [0, 0.05) is 26.2 Å². The number of hydrogen-bond acceptors (Lipinski definition) is 3. The number of nitrogens with one attached hydrogen (secondary N) is 1. The van der Waals surface area contributed by atoms with E-state index in [0.29, 0.717) is 0 Å². The molecule has 0 spiro atoms. The van der Waals surface area contributed by atoms with E-state index in [2.05, 4.69) is 22.4 Å². The van der Waals surface area contributed by atoms with Crippen LogP contribution in [0.25, 0.3) is 0 Å². The van der Waals surface area contributed by atoms with Gasteiger partial charge in [-0.15, -0.1) is 0 Å². The number of rotatable bonds is 1. The molecule has 0 aliphatic carbocycles. The van der Waals surface area contributed by atoms with Crippen LogP contribution in [-0.4, -0.2) is 26.2 Å². The van der Waals surface area contributed by atoms with Crippen LogP contribution in [0.5, 0.6) is 0 Å². The lowest BCUT2D eigenvalue weighted by molar-refractivity contribution is 0.589. The third-order valence-corrected chi connectivity index (χ3v) is 2.42. The average Bonchev–Trinajstić information content (AvgIpc) is 2.30. The summed E-state index contributed by atoms with van der Waals surface area (Å²) >= 11 is 0. The summed E-state index contributed by atoms with van der Waals surface area (Å²) in [6, 6.07) is 10.7. The lowest BCUT2D eigenvalue weighted by Crippen LogP contribution is -2.43.